The van der Waals surface area contributed by atoms with Crippen LogP contribution in [0.1, 0.15) is 21.1 Å². The van der Waals surface area contributed by atoms with Gasteiger partial charge in [-0.15, -0.1) is 11.3 Å². The molecule has 7 nitrogen and oxygen atoms in total. The minimum absolute atomic E-state index is 0.134. The van der Waals surface area contributed by atoms with Gasteiger partial charge in [-0.05, 0) is 24.6 Å². The summed E-state index contributed by atoms with van der Waals surface area (Å²) in [4.78, 5) is 20.7. The first-order chi connectivity index (χ1) is 13.0. The molecule has 3 heterocycles. The molecule has 1 amide bonds. The first kappa shape index (κ1) is 17.1. The highest BCUT2D eigenvalue weighted by Gasteiger charge is 2.19. The molecule has 0 unspecified atom stereocenters. The number of carbonyl (C=O) groups excluding carboxylic acids is 1. The van der Waals surface area contributed by atoms with Crippen molar-refractivity contribution in [2.24, 2.45) is 0 Å². The lowest BCUT2D eigenvalue weighted by Gasteiger charge is -2.05. The van der Waals surface area contributed by atoms with Gasteiger partial charge < -0.3 is 15.6 Å². The molecule has 1 aromatic carbocycles. The van der Waals surface area contributed by atoms with E-state index in [0.29, 0.717) is 23.0 Å². The molecule has 0 radical (unpaired) electrons. The number of carbonyl (C=O) groups is 1. The van der Waals surface area contributed by atoms with E-state index in [9.17, 15) is 9.18 Å². The van der Waals surface area contributed by atoms with Crippen LogP contribution < -0.4 is 11.1 Å². The van der Waals surface area contributed by atoms with Crippen LogP contribution in [0.25, 0.3) is 21.5 Å². The Bertz CT molecular complexity index is 1140. The number of pyridine rings is 1. The van der Waals surface area contributed by atoms with Crippen molar-refractivity contribution in [3.05, 3.63) is 58.7 Å². The average Bonchev–Trinajstić information content (AvgIpc) is 3.24. The number of nitrogens with two attached hydrogens (primary N) is 1. The Balaban J connectivity index is 1.48. The van der Waals surface area contributed by atoms with Crippen molar-refractivity contribution >= 4 is 33.0 Å². The van der Waals surface area contributed by atoms with Crippen LogP contribution in [0.2, 0.25) is 0 Å². The summed E-state index contributed by atoms with van der Waals surface area (Å²) >= 11 is 1.12. The molecule has 0 aliphatic rings. The summed E-state index contributed by atoms with van der Waals surface area (Å²) in [5.41, 5.74) is 7.77. The summed E-state index contributed by atoms with van der Waals surface area (Å²) in [6, 6.07) is 7.38. The summed E-state index contributed by atoms with van der Waals surface area (Å²) in [7, 11) is 0. The van der Waals surface area contributed by atoms with Crippen LogP contribution in [0.5, 0.6) is 0 Å². The van der Waals surface area contributed by atoms with Gasteiger partial charge in [0, 0.05) is 18.3 Å². The van der Waals surface area contributed by atoms with E-state index in [1.54, 1.807) is 6.92 Å². The standard InChI is InChI=1S/C18H14FN5O2S/c1-9-23-18(26-24-9)11-4-2-10(3-5-11)6-22-17(25)16-15(20)14-12(19)7-21-8-13(14)27-16/h2-5,7-8H,6,20H2,1H3,(H,22,25). The molecular formula is C18H14FN5O2S. The Morgan fingerprint density at radius 2 is 2.07 bits per heavy atom. The number of rotatable bonds is 4. The lowest BCUT2D eigenvalue weighted by molar-refractivity contribution is 0.0956. The molecule has 3 N–H and O–H groups in total. The summed E-state index contributed by atoms with van der Waals surface area (Å²) in [5.74, 6) is 0.113. The number of nitrogens with zero attached hydrogens (tertiary/aromatic N) is 3. The lowest BCUT2D eigenvalue weighted by Crippen LogP contribution is -2.22. The summed E-state index contributed by atoms with van der Waals surface area (Å²) in [5, 5.41) is 6.79. The fourth-order valence-corrected chi connectivity index (χ4v) is 3.67. The molecule has 4 aromatic rings. The van der Waals surface area contributed by atoms with E-state index in [0.717, 1.165) is 28.7 Å². The zero-order valence-electron chi connectivity index (χ0n) is 14.2. The number of aromatic nitrogens is 3. The molecular weight excluding hydrogens is 369 g/mol. The number of fused-ring (bicyclic) bond motifs is 1. The topological polar surface area (TPSA) is 107 Å². The molecule has 0 spiro atoms. The van der Waals surface area contributed by atoms with E-state index in [1.165, 1.54) is 6.20 Å². The minimum atomic E-state index is -0.535. The third kappa shape index (κ3) is 3.24. The van der Waals surface area contributed by atoms with Gasteiger partial charge in [0.1, 0.15) is 4.88 Å². The van der Waals surface area contributed by atoms with E-state index in [1.807, 2.05) is 24.3 Å². The number of benzene rings is 1. The van der Waals surface area contributed by atoms with Crippen molar-refractivity contribution in [1.82, 2.24) is 20.4 Å². The number of hydrogen-bond acceptors (Lipinski definition) is 7. The molecule has 0 aliphatic heterocycles. The molecule has 0 saturated carbocycles. The monoisotopic (exact) mass is 383 g/mol. The van der Waals surface area contributed by atoms with Crippen LogP contribution in [0.4, 0.5) is 10.1 Å². The molecule has 0 saturated heterocycles. The number of hydrogen-bond donors (Lipinski definition) is 2. The lowest BCUT2D eigenvalue weighted by atomic mass is 10.1. The second kappa shape index (κ2) is 6.76. The molecule has 9 heteroatoms. The third-order valence-electron chi connectivity index (χ3n) is 3.98. The van der Waals surface area contributed by atoms with E-state index in [4.69, 9.17) is 10.3 Å². The number of aryl methyl sites for hydroxylation is 1. The van der Waals surface area contributed by atoms with E-state index < -0.39 is 5.82 Å². The smallest absolute Gasteiger partial charge is 0.263 e. The number of halogens is 1. The summed E-state index contributed by atoms with van der Waals surface area (Å²) in [6.45, 7) is 2.05. The Morgan fingerprint density at radius 1 is 1.30 bits per heavy atom. The highest BCUT2D eigenvalue weighted by Crippen LogP contribution is 2.34. The van der Waals surface area contributed by atoms with Crippen LogP contribution in [-0.2, 0) is 6.54 Å². The van der Waals surface area contributed by atoms with E-state index in [2.05, 4.69) is 20.4 Å². The minimum Gasteiger partial charge on any atom is -0.397 e. The second-order valence-electron chi connectivity index (χ2n) is 5.87. The fourth-order valence-electron chi connectivity index (χ4n) is 2.65. The maximum atomic E-state index is 13.9. The molecule has 3 aromatic heterocycles. The third-order valence-corrected chi connectivity index (χ3v) is 5.12. The van der Waals surface area contributed by atoms with Crippen LogP contribution in [0.3, 0.4) is 0 Å². The Kier molecular flexibility index (Phi) is 4.28. The molecule has 0 bridgehead atoms. The zero-order chi connectivity index (χ0) is 19.0. The quantitative estimate of drug-likeness (QED) is 0.560. The molecule has 0 aliphatic carbocycles. The number of anilines is 1. The number of thiophene rings is 1. The Labute approximate surface area is 157 Å². The van der Waals surface area contributed by atoms with Crippen LogP contribution >= 0.6 is 11.3 Å². The molecule has 0 fully saturated rings. The summed E-state index contributed by atoms with van der Waals surface area (Å²) < 4.78 is 19.5. The first-order valence-corrected chi connectivity index (χ1v) is 8.84. The normalized spacial score (nSPS) is 11.0. The van der Waals surface area contributed by atoms with Crippen LogP contribution in [-0.4, -0.2) is 21.0 Å². The highest BCUT2D eigenvalue weighted by atomic mass is 32.1. The molecule has 0 atom stereocenters. The molecule has 27 heavy (non-hydrogen) atoms. The van der Waals surface area contributed by atoms with Gasteiger partial charge in [-0.1, -0.05) is 17.3 Å². The van der Waals surface area contributed by atoms with Gasteiger partial charge >= 0.3 is 0 Å². The van der Waals surface area contributed by atoms with Gasteiger partial charge in [0.2, 0.25) is 0 Å². The fraction of sp³-hybridized carbons (Fsp3) is 0.111. The van der Waals surface area contributed by atoms with Crippen molar-refractivity contribution in [3.63, 3.8) is 0 Å². The molecule has 136 valence electrons. The predicted octanol–water partition coefficient (Wildman–Crippen LogP) is 3.31. The largest absolute Gasteiger partial charge is 0.397 e. The second-order valence-corrected chi connectivity index (χ2v) is 6.92. The van der Waals surface area contributed by atoms with Crippen molar-refractivity contribution in [1.29, 1.82) is 0 Å². The maximum absolute atomic E-state index is 13.9. The van der Waals surface area contributed by atoms with Crippen molar-refractivity contribution in [2.45, 2.75) is 13.5 Å². The van der Waals surface area contributed by atoms with E-state index in [-0.39, 0.29) is 21.9 Å². The van der Waals surface area contributed by atoms with Crippen molar-refractivity contribution in [2.75, 3.05) is 5.73 Å². The van der Waals surface area contributed by atoms with E-state index >= 15 is 0 Å². The highest BCUT2D eigenvalue weighted by molar-refractivity contribution is 7.21. The first-order valence-electron chi connectivity index (χ1n) is 8.02. The Morgan fingerprint density at radius 3 is 2.74 bits per heavy atom. The number of amides is 1. The average molecular weight is 383 g/mol. The van der Waals surface area contributed by atoms with Gasteiger partial charge in [-0.3, -0.25) is 9.78 Å². The Hall–Kier alpha value is -3.33. The van der Waals surface area contributed by atoms with Gasteiger partial charge in [-0.2, -0.15) is 4.98 Å². The van der Waals surface area contributed by atoms with Crippen molar-refractivity contribution in [3.8, 4) is 11.5 Å². The SMILES string of the molecule is Cc1noc(-c2ccc(CNC(=O)c3sc4cncc(F)c4c3N)cc2)n1. The van der Waals surface area contributed by atoms with Gasteiger partial charge in [0.15, 0.2) is 11.6 Å². The van der Waals surface area contributed by atoms with Gasteiger partial charge in [0.25, 0.3) is 11.8 Å². The molecule has 4 rings (SSSR count). The number of nitrogen functional groups attached to an aromatic ring is 1. The van der Waals surface area contributed by atoms with Crippen LogP contribution in [0, 0.1) is 12.7 Å². The summed E-state index contributed by atoms with van der Waals surface area (Å²) in [6.07, 6.45) is 2.58. The predicted molar refractivity (Wildman–Crippen MR) is 99.6 cm³/mol. The van der Waals surface area contributed by atoms with Crippen molar-refractivity contribution < 1.29 is 13.7 Å². The van der Waals surface area contributed by atoms with Gasteiger partial charge in [-0.25, -0.2) is 4.39 Å². The zero-order valence-corrected chi connectivity index (χ0v) is 15.0. The number of nitrogens with one attached hydrogen (secondary N) is 1. The van der Waals surface area contributed by atoms with Gasteiger partial charge in [0.05, 0.1) is 22.0 Å². The van der Waals surface area contributed by atoms with Crippen LogP contribution in [0.15, 0.2) is 41.2 Å². The maximum Gasteiger partial charge on any atom is 0.263 e.